The molecule has 0 radical (unpaired) electrons. The second-order valence-electron chi connectivity index (χ2n) is 14.6. The maximum Gasteiger partial charge on any atom is 0.159 e. The number of benzene rings is 8. The summed E-state index contributed by atoms with van der Waals surface area (Å²) in [6, 6.07) is 63.4. The number of aryl methyl sites for hydroxylation is 1. The Kier molecular flexibility index (Phi) is 7.06. The van der Waals surface area contributed by atoms with Crippen LogP contribution in [-0.4, -0.2) is 0 Å². The van der Waals surface area contributed by atoms with Crippen molar-refractivity contribution in [1.82, 2.24) is 0 Å². The highest BCUT2D eigenvalue weighted by molar-refractivity contribution is 6.03. The predicted molar refractivity (Wildman–Crippen MR) is 221 cm³/mol. The number of hydrogen-bond donors (Lipinski definition) is 0. The van der Waals surface area contributed by atoms with Crippen molar-refractivity contribution in [3.05, 3.63) is 193 Å². The van der Waals surface area contributed by atoms with Gasteiger partial charge in [-0.2, -0.15) is 0 Å². The fourth-order valence-electron chi connectivity index (χ4n) is 8.64. The van der Waals surface area contributed by atoms with Crippen molar-refractivity contribution in [1.29, 1.82) is 0 Å². The smallest absolute Gasteiger partial charge is 0.159 e. The van der Waals surface area contributed by atoms with Crippen molar-refractivity contribution >= 4 is 44.9 Å². The van der Waals surface area contributed by atoms with E-state index in [0.717, 1.165) is 62.3 Å². The monoisotopic (exact) mass is 682 g/mol. The highest BCUT2D eigenvalue weighted by atomic mass is 16.5. The molecule has 2 aliphatic heterocycles. The van der Waals surface area contributed by atoms with Crippen LogP contribution in [0.4, 0.5) is 34.1 Å². The minimum atomic E-state index is -0.376. The number of anilines is 6. The van der Waals surface area contributed by atoms with Crippen molar-refractivity contribution < 1.29 is 4.74 Å². The summed E-state index contributed by atoms with van der Waals surface area (Å²) >= 11 is 0. The van der Waals surface area contributed by atoms with Crippen LogP contribution in [-0.2, 0) is 5.41 Å². The highest BCUT2D eigenvalue weighted by Gasteiger charge is 2.44. The van der Waals surface area contributed by atoms with Gasteiger partial charge in [0.2, 0.25) is 0 Å². The van der Waals surface area contributed by atoms with Crippen LogP contribution in [0.3, 0.4) is 0 Å². The third kappa shape index (κ3) is 4.81. The highest BCUT2D eigenvalue weighted by Crippen LogP contribution is 2.63. The molecule has 8 aromatic rings. The van der Waals surface area contributed by atoms with E-state index >= 15 is 0 Å². The number of ether oxygens (including phenoxy) is 1. The maximum absolute atomic E-state index is 6.97. The second kappa shape index (κ2) is 12.0. The van der Waals surface area contributed by atoms with E-state index in [2.05, 4.69) is 206 Å². The molecule has 0 unspecified atom stereocenters. The Morgan fingerprint density at radius 1 is 0.547 bits per heavy atom. The Morgan fingerprint density at radius 2 is 1.21 bits per heavy atom. The Bertz CT molecular complexity index is 2690. The van der Waals surface area contributed by atoms with Gasteiger partial charge < -0.3 is 14.5 Å². The second-order valence-corrected chi connectivity index (χ2v) is 14.6. The average Bonchev–Trinajstić information content (AvgIpc) is 3.20. The molecule has 0 aromatic heterocycles. The third-order valence-electron chi connectivity index (χ3n) is 11.1. The topological polar surface area (TPSA) is 15.7 Å². The minimum Gasteiger partial charge on any atom is -0.452 e. The molecule has 0 amide bonds. The largest absolute Gasteiger partial charge is 0.452 e. The fraction of sp³-hybridized carbons (Fsp3) is 0.0800. The molecule has 53 heavy (non-hydrogen) atoms. The fourth-order valence-corrected chi connectivity index (χ4v) is 8.64. The number of para-hydroxylation sites is 1. The summed E-state index contributed by atoms with van der Waals surface area (Å²) in [5.74, 6) is 1.77. The van der Waals surface area contributed by atoms with E-state index in [-0.39, 0.29) is 5.41 Å². The quantitative estimate of drug-likeness (QED) is 0.180. The first kappa shape index (κ1) is 31.2. The molecule has 0 saturated heterocycles. The number of fused-ring (bicyclic) bond motifs is 5. The van der Waals surface area contributed by atoms with E-state index in [1.165, 1.54) is 33.0 Å². The van der Waals surface area contributed by atoms with Crippen molar-refractivity contribution in [3.63, 3.8) is 0 Å². The van der Waals surface area contributed by atoms with Gasteiger partial charge in [-0.05, 0) is 76.5 Å². The van der Waals surface area contributed by atoms with Gasteiger partial charge in [0.15, 0.2) is 11.5 Å². The molecular weight excluding hydrogens is 645 g/mol. The molecule has 0 bridgehead atoms. The lowest BCUT2D eigenvalue weighted by Gasteiger charge is -2.47. The van der Waals surface area contributed by atoms with Gasteiger partial charge in [-0.1, -0.05) is 153 Å². The normalized spacial score (nSPS) is 13.5. The van der Waals surface area contributed by atoms with E-state index in [4.69, 9.17) is 4.74 Å². The number of hydrogen-bond acceptors (Lipinski definition) is 3. The Morgan fingerprint density at radius 3 is 2.04 bits per heavy atom. The molecule has 254 valence electrons. The molecule has 0 N–H and O–H groups in total. The summed E-state index contributed by atoms with van der Waals surface area (Å²) in [6.07, 6.45) is 0. The number of nitrogens with zero attached hydrogens (tertiary/aromatic N) is 2. The van der Waals surface area contributed by atoms with E-state index in [9.17, 15) is 0 Å². The van der Waals surface area contributed by atoms with Gasteiger partial charge in [-0.15, -0.1) is 0 Å². The molecule has 0 fully saturated rings. The van der Waals surface area contributed by atoms with E-state index < -0.39 is 0 Å². The lowest BCUT2D eigenvalue weighted by Crippen LogP contribution is -2.34. The van der Waals surface area contributed by atoms with Crippen molar-refractivity contribution in [2.75, 3.05) is 9.80 Å². The summed E-state index contributed by atoms with van der Waals surface area (Å²) < 4.78 is 6.97. The molecule has 10 rings (SSSR count). The van der Waals surface area contributed by atoms with Gasteiger partial charge in [0, 0.05) is 27.6 Å². The van der Waals surface area contributed by atoms with Crippen LogP contribution >= 0.6 is 0 Å². The van der Waals surface area contributed by atoms with Crippen molar-refractivity contribution in [2.24, 2.45) is 0 Å². The van der Waals surface area contributed by atoms with Crippen LogP contribution in [0.2, 0.25) is 0 Å². The standard InChI is InChI=1S/C50H38N2O/c1-33-30-31-40(36-18-8-5-9-19-36)49-47(33)52-44-28-15-27-43(46(44)50(2,3)41-25-14-29-45(53-49)48(41)52)51(42-26-13-21-35-20-10-11-24-39(35)42)38-23-12-22-37(32-38)34-16-6-4-7-17-34/h4-32H,1-3H3. The Labute approximate surface area is 311 Å². The molecule has 3 nitrogen and oxygen atoms in total. The van der Waals surface area contributed by atoms with Gasteiger partial charge in [0.1, 0.15) is 0 Å². The van der Waals surface area contributed by atoms with E-state index in [0.29, 0.717) is 0 Å². The lowest BCUT2D eigenvalue weighted by molar-refractivity contribution is 0.472. The SMILES string of the molecule is Cc1ccc(-c2ccccc2)c2c1N1c3cccc(N(c4cccc(-c5ccccc5)c4)c4cccc5ccccc45)c3C(C)(C)c3cccc(c31)O2. The molecule has 8 aromatic carbocycles. The van der Waals surface area contributed by atoms with Crippen LogP contribution in [0.5, 0.6) is 11.5 Å². The molecule has 0 aliphatic carbocycles. The third-order valence-corrected chi connectivity index (χ3v) is 11.1. The molecule has 0 saturated carbocycles. The first-order chi connectivity index (χ1) is 26.0. The first-order valence-corrected chi connectivity index (χ1v) is 18.4. The summed E-state index contributed by atoms with van der Waals surface area (Å²) in [5.41, 5.74) is 14.6. The average molecular weight is 683 g/mol. The van der Waals surface area contributed by atoms with E-state index in [1.807, 2.05) is 0 Å². The van der Waals surface area contributed by atoms with Crippen LogP contribution in [0.15, 0.2) is 176 Å². The summed E-state index contributed by atoms with van der Waals surface area (Å²) in [4.78, 5) is 4.97. The van der Waals surface area contributed by atoms with Crippen LogP contribution in [0, 0.1) is 6.92 Å². The molecule has 2 heterocycles. The Balaban J connectivity index is 1.27. The zero-order chi connectivity index (χ0) is 35.7. The maximum atomic E-state index is 6.97. The zero-order valence-electron chi connectivity index (χ0n) is 30.0. The minimum absolute atomic E-state index is 0.376. The van der Waals surface area contributed by atoms with Gasteiger partial charge in [-0.3, -0.25) is 0 Å². The van der Waals surface area contributed by atoms with E-state index in [1.54, 1.807) is 0 Å². The zero-order valence-corrected chi connectivity index (χ0v) is 30.0. The number of rotatable bonds is 5. The lowest BCUT2D eigenvalue weighted by atomic mass is 9.72. The van der Waals surface area contributed by atoms with Crippen LogP contribution in [0.25, 0.3) is 33.0 Å². The molecule has 0 atom stereocenters. The van der Waals surface area contributed by atoms with Crippen LogP contribution in [0.1, 0.15) is 30.5 Å². The van der Waals surface area contributed by atoms with Gasteiger partial charge >= 0.3 is 0 Å². The summed E-state index contributed by atoms with van der Waals surface area (Å²) in [7, 11) is 0. The van der Waals surface area contributed by atoms with Crippen molar-refractivity contribution in [2.45, 2.75) is 26.2 Å². The van der Waals surface area contributed by atoms with Gasteiger partial charge in [-0.25, -0.2) is 0 Å². The summed E-state index contributed by atoms with van der Waals surface area (Å²) in [6.45, 7) is 6.94. The van der Waals surface area contributed by atoms with Crippen LogP contribution < -0.4 is 14.5 Å². The molecule has 0 spiro atoms. The van der Waals surface area contributed by atoms with Gasteiger partial charge in [0.05, 0.1) is 28.4 Å². The van der Waals surface area contributed by atoms with Gasteiger partial charge in [0.25, 0.3) is 0 Å². The molecule has 2 aliphatic rings. The molecular formula is C50H38N2O. The predicted octanol–water partition coefficient (Wildman–Crippen LogP) is 14.2. The summed E-state index contributed by atoms with van der Waals surface area (Å²) in [5, 5.41) is 2.41. The Hall–Kier alpha value is -6.58. The molecule has 3 heteroatoms. The van der Waals surface area contributed by atoms with Crippen molar-refractivity contribution in [3.8, 4) is 33.8 Å². The first-order valence-electron chi connectivity index (χ1n) is 18.4.